The first kappa shape index (κ1) is 25.9. The van der Waals surface area contributed by atoms with Crippen LogP contribution in [-0.4, -0.2) is 48.1 Å². The minimum Gasteiger partial charge on any atom is -0.352 e. The molecule has 194 valence electrons. The van der Waals surface area contributed by atoms with Gasteiger partial charge in [0.05, 0.1) is 0 Å². The standard InChI is InChI=1S/C28H48FN3O2/c29-19-25(30)21-13-15-22(16-14-21)28(34)32-18-17-24(20-9-5-4-6-10-20)26(32)27(33)31-23-11-7-2-1-3-8-12-23/h20-26H,1-19,30H2,(H,31,33)/t21-,22-,24?,25-,26+/m1/s1. The number of rotatable bonds is 6. The lowest BCUT2D eigenvalue weighted by molar-refractivity contribution is -0.144. The van der Waals surface area contributed by atoms with E-state index in [2.05, 4.69) is 5.32 Å². The summed E-state index contributed by atoms with van der Waals surface area (Å²) < 4.78 is 13.0. The number of halogens is 1. The lowest BCUT2D eigenvalue weighted by Crippen LogP contribution is -2.53. The van der Waals surface area contributed by atoms with Crippen LogP contribution in [0, 0.1) is 23.7 Å². The highest BCUT2D eigenvalue weighted by Crippen LogP contribution is 2.41. The van der Waals surface area contributed by atoms with Crippen molar-refractivity contribution in [2.24, 2.45) is 29.4 Å². The number of likely N-dealkylation sites (tertiary alicyclic amines) is 1. The van der Waals surface area contributed by atoms with Crippen LogP contribution >= 0.6 is 0 Å². The minimum atomic E-state index is -0.484. The van der Waals surface area contributed by atoms with Gasteiger partial charge in [-0.3, -0.25) is 9.59 Å². The second kappa shape index (κ2) is 12.7. The van der Waals surface area contributed by atoms with Crippen LogP contribution in [0.25, 0.3) is 0 Å². The molecule has 6 heteroatoms. The van der Waals surface area contributed by atoms with Crippen LogP contribution in [0.5, 0.6) is 0 Å². The largest absolute Gasteiger partial charge is 0.352 e. The van der Waals surface area contributed by atoms with Crippen molar-refractivity contribution >= 4 is 11.8 Å². The maximum Gasteiger partial charge on any atom is 0.243 e. The number of nitrogens with zero attached hydrogens (tertiary/aromatic N) is 1. The Hall–Kier alpha value is -1.17. The number of carbonyl (C=O) groups excluding carboxylic acids is 2. The van der Waals surface area contributed by atoms with E-state index in [9.17, 15) is 14.0 Å². The molecule has 0 bridgehead atoms. The topological polar surface area (TPSA) is 75.4 Å². The first-order valence-corrected chi connectivity index (χ1v) is 14.5. The van der Waals surface area contributed by atoms with Crippen molar-refractivity contribution in [1.29, 1.82) is 0 Å². The maximum absolute atomic E-state index is 13.8. The zero-order chi connectivity index (χ0) is 23.9. The van der Waals surface area contributed by atoms with Crippen LogP contribution in [0.15, 0.2) is 0 Å². The molecule has 4 aliphatic rings. The molecule has 3 atom stereocenters. The van der Waals surface area contributed by atoms with Gasteiger partial charge in [0, 0.05) is 24.5 Å². The third kappa shape index (κ3) is 6.33. The average molecular weight is 478 g/mol. The zero-order valence-electron chi connectivity index (χ0n) is 21.2. The Balaban J connectivity index is 1.44. The van der Waals surface area contributed by atoms with Gasteiger partial charge in [0.15, 0.2) is 0 Å². The molecule has 1 saturated heterocycles. The first-order chi connectivity index (χ1) is 16.6. The molecule has 3 N–H and O–H groups in total. The molecule has 1 unspecified atom stereocenters. The summed E-state index contributed by atoms with van der Waals surface area (Å²) >= 11 is 0. The van der Waals surface area contributed by atoms with Crippen LogP contribution in [0.3, 0.4) is 0 Å². The van der Waals surface area contributed by atoms with E-state index < -0.39 is 12.7 Å². The number of nitrogens with two attached hydrogens (primary N) is 1. The molecule has 5 nitrogen and oxygen atoms in total. The van der Waals surface area contributed by atoms with Gasteiger partial charge in [-0.05, 0) is 62.7 Å². The van der Waals surface area contributed by atoms with E-state index in [-0.39, 0.29) is 35.7 Å². The van der Waals surface area contributed by atoms with E-state index in [1.807, 2.05) is 4.90 Å². The summed E-state index contributed by atoms with van der Waals surface area (Å²) in [6, 6.07) is -0.442. The minimum absolute atomic E-state index is 0.0372. The molecular weight excluding hydrogens is 429 g/mol. The highest BCUT2D eigenvalue weighted by Gasteiger charge is 2.47. The first-order valence-electron chi connectivity index (χ1n) is 14.5. The molecule has 3 aliphatic carbocycles. The summed E-state index contributed by atoms with van der Waals surface area (Å²) in [5, 5.41) is 3.42. The van der Waals surface area contributed by atoms with Gasteiger partial charge in [0.1, 0.15) is 12.7 Å². The van der Waals surface area contributed by atoms with Crippen molar-refractivity contribution in [3.8, 4) is 0 Å². The Bertz CT molecular complexity index is 652. The van der Waals surface area contributed by atoms with Crippen molar-refractivity contribution in [3.63, 3.8) is 0 Å². The number of alkyl halides is 1. The molecule has 0 aromatic heterocycles. The van der Waals surface area contributed by atoms with Gasteiger partial charge in [-0.25, -0.2) is 4.39 Å². The predicted molar refractivity (Wildman–Crippen MR) is 134 cm³/mol. The third-order valence-corrected chi connectivity index (χ3v) is 9.61. The Kier molecular flexibility index (Phi) is 9.67. The van der Waals surface area contributed by atoms with Gasteiger partial charge in [-0.1, -0.05) is 64.2 Å². The van der Waals surface area contributed by atoms with Crippen LogP contribution in [-0.2, 0) is 9.59 Å². The smallest absolute Gasteiger partial charge is 0.243 e. The molecule has 0 aromatic carbocycles. The summed E-state index contributed by atoms with van der Waals surface area (Å²) in [6.07, 6.45) is 18.7. The Morgan fingerprint density at radius 1 is 0.824 bits per heavy atom. The molecule has 0 aromatic rings. The SMILES string of the molecule is N[C@H](CF)[C@H]1CC[C@H](C(=O)N2CCC(C3CCCCC3)[C@H]2C(=O)NC2CCCCCCC2)CC1. The monoisotopic (exact) mass is 477 g/mol. The van der Waals surface area contributed by atoms with Crippen molar-refractivity contribution < 1.29 is 14.0 Å². The fourth-order valence-electron chi connectivity index (χ4n) is 7.50. The summed E-state index contributed by atoms with van der Waals surface area (Å²) in [7, 11) is 0. The highest BCUT2D eigenvalue weighted by atomic mass is 19.1. The summed E-state index contributed by atoms with van der Waals surface area (Å²) in [4.78, 5) is 29.5. The number of hydrogen-bond acceptors (Lipinski definition) is 3. The van der Waals surface area contributed by atoms with Gasteiger partial charge in [-0.15, -0.1) is 0 Å². The maximum atomic E-state index is 13.8. The van der Waals surface area contributed by atoms with E-state index in [4.69, 9.17) is 5.73 Å². The molecule has 1 heterocycles. The van der Waals surface area contributed by atoms with Gasteiger partial charge in [-0.2, -0.15) is 0 Å². The summed E-state index contributed by atoms with van der Waals surface area (Å²) in [5.74, 6) is 1.29. The predicted octanol–water partition coefficient (Wildman–Crippen LogP) is 5.12. The average Bonchev–Trinajstić information content (AvgIpc) is 3.30. The quantitative estimate of drug-likeness (QED) is 0.558. The highest BCUT2D eigenvalue weighted by molar-refractivity contribution is 5.89. The molecule has 0 spiro atoms. The zero-order valence-corrected chi connectivity index (χ0v) is 21.2. The van der Waals surface area contributed by atoms with E-state index >= 15 is 0 Å². The second-order valence-electron chi connectivity index (χ2n) is 11.8. The number of hydrogen-bond donors (Lipinski definition) is 2. The Labute approximate surface area is 206 Å². The number of carbonyl (C=O) groups is 2. The van der Waals surface area contributed by atoms with Crippen molar-refractivity contribution in [1.82, 2.24) is 10.2 Å². The Morgan fingerprint density at radius 3 is 2.06 bits per heavy atom. The van der Waals surface area contributed by atoms with Gasteiger partial charge < -0.3 is 16.0 Å². The number of nitrogens with one attached hydrogen (secondary N) is 1. The molecule has 1 aliphatic heterocycles. The normalized spacial score (nSPS) is 33.2. The van der Waals surface area contributed by atoms with Crippen LogP contribution in [0.1, 0.15) is 109 Å². The van der Waals surface area contributed by atoms with Crippen LogP contribution in [0.2, 0.25) is 0 Å². The van der Waals surface area contributed by atoms with E-state index in [1.54, 1.807) is 0 Å². The summed E-state index contributed by atoms with van der Waals surface area (Å²) in [5.41, 5.74) is 5.94. The lowest BCUT2D eigenvalue weighted by atomic mass is 9.76. The van der Waals surface area contributed by atoms with Crippen molar-refractivity contribution in [2.75, 3.05) is 13.2 Å². The van der Waals surface area contributed by atoms with Gasteiger partial charge in [0.25, 0.3) is 0 Å². The van der Waals surface area contributed by atoms with E-state index in [0.29, 0.717) is 18.4 Å². The molecule has 34 heavy (non-hydrogen) atoms. The summed E-state index contributed by atoms with van der Waals surface area (Å²) in [6.45, 7) is 0.231. The molecule has 4 rings (SSSR count). The second-order valence-corrected chi connectivity index (χ2v) is 11.8. The van der Waals surface area contributed by atoms with Crippen molar-refractivity contribution in [2.45, 2.75) is 127 Å². The molecule has 3 saturated carbocycles. The third-order valence-electron chi connectivity index (χ3n) is 9.61. The fraction of sp³-hybridized carbons (Fsp3) is 0.929. The molecule has 2 amide bonds. The van der Waals surface area contributed by atoms with Crippen LogP contribution in [0.4, 0.5) is 4.39 Å². The van der Waals surface area contributed by atoms with Gasteiger partial charge in [0.2, 0.25) is 11.8 Å². The van der Waals surface area contributed by atoms with Crippen molar-refractivity contribution in [3.05, 3.63) is 0 Å². The van der Waals surface area contributed by atoms with Crippen LogP contribution < -0.4 is 11.1 Å². The molecule has 4 fully saturated rings. The van der Waals surface area contributed by atoms with E-state index in [0.717, 1.165) is 44.9 Å². The Morgan fingerprint density at radius 2 is 1.41 bits per heavy atom. The number of amides is 2. The van der Waals surface area contributed by atoms with E-state index in [1.165, 1.54) is 64.2 Å². The fourth-order valence-corrected chi connectivity index (χ4v) is 7.50. The van der Waals surface area contributed by atoms with Gasteiger partial charge >= 0.3 is 0 Å². The lowest BCUT2D eigenvalue weighted by Gasteiger charge is -2.37. The molecular formula is C28H48FN3O2. The molecule has 0 radical (unpaired) electrons.